The number of aromatic hydroxyl groups is 1. The predicted molar refractivity (Wildman–Crippen MR) is 147 cm³/mol. The number of fused-ring (bicyclic) bond motifs is 1. The Morgan fingerprint density at radius 2 is 1.29 bits per heavy atom. The Morgan fingerprint density at radius 1 is 0.800 bits per heavy atom. The largest absolute Gasteiger partial charge is 0.631 e. The molecule has 6 heteroatoms. The molecule has 1 aliphatic rings. The van der Waals surface area contributed by atoms with Gasteiger partial charge in [0.25, 0.3) is 0 Å². The number of benzene rings is 1. The van der Waals surface area contributed by atoms with Crippen LogP contribution in [0, 0.1) is 38.5 Å². The number of rotatable bonds is 12. The lowest BCUT2D eigenvalue weighted by molar-refractivity contribution is 0.0511. The van der Waals surface area contributed by atoms with Gasteiger partial charge in [-0.2, -0.15) is 0 Å². The Kier molecular flexibility index (Phi) is 13.7. The lowest BCUT2D eigenvalue weighted by Crippen LogP contribution is -2.37. The van der Waals surface area contributed by atoms with Crippen molar-refractivity contribution in [3.63, 3.8) is 0 Å². The lowest BCUT2D eigenvalue weighted by atomic mass is 9.84. The lowest BCUT2D eigenvalue weighted by Gasteiger charge is -2.38. The molecule has 0 aliphatic carbocycles. The third kappa shape index (κ3) is 11.1. The molecule has 1 aromatic rings. The van der Waals surface area contributed by atoms with Gasteiger partial charge in [-0.25, -0.2) is 0 Å². The number of ether oxygens (including phenoxy) is 1. The molecule has 0 radical (unpaired) electrons. The minimum Gasteiger partial charge on any atom is -0.507 e. The first-order valence-corrected chi connectivity index (χ1v) is 13.8. The molecule has 1 aromatic carbocycles. The van der Waals surface area contributed by atoms with Crippen LogP contribution < -0.4 is 4.74 Å². The molecule has 0 saturated carbocycles. The highest BCUT2D eigenvalue weighted by atomic mass is 16.5. The Labute approximate surface area is 215 Å². The molecule has 1 heterocycles. The first kappa shape index (κ1) is 31.8. The highest BCUT2D eigenvalue weighted by Crippen LogP contribution is 2.44. The van der Waals surface area contributed by atoms with Crippen molar-refractivity contribution in [2.75, 3.05) is 0 Å². The Morgan fingerprint density at radius 3 is 1.80 bits per heavy atom. The highest BCUT2D eigenvalue weighted by molar-refractivity contribution is 6.30. The fourth-order valence-corrected chi connectivity index (χ4v) is 5.27. The standard InChI is InChI=1S/C29H50O2.BH3O3/c1-20(2)12-9-13-21(3)14-10-15-22(4)16-11-18-29(8)19-17-26-25(7)27(30)23(5)24(6)28(26)31-29;2-1(3)4/h20-22,30H,9-19H2,1-8H3;2-4H/t21-,22-,29-;/m1./s1. The molecule has 0 saturated heterocycles. The van der Waals surface area contributed by atoms with Gasteiger partial charge in [0.2, 0.25) is 0 Å². The van der Waals surface area contributed by atoms with Crippen LogP contribution in [-0.4, -0.2) is 33.1 Å². The van der Waals surface area contributed by atoms with Gasteiger partial charge in [-0.3, -0.25) is 0 Å². The van der Waals surface area contributed by atoms with E-state index in [2.05, 4.69) is 41.5 Å². The summed E-state index contributed by atoms with van der Waals surface area (Å²) in [5.41, 5.74) is 4.23. The summed E-state index contributed by atoms with van der Waals surface area (Å²) in [4.78, 5) is 0. The average Bonchev–Trinajstić information content (AvgIpc) is 2.75. The third-order valence-electron chi connectivity index (χ3n) is 7.87. The van der Waals surface area contributed by atoms with Gasteiger partial charge in [0, 0.05) is 5.56 Å². The van der Waals surface area contributed by atoms with E-state index in [1.807, 2.05) is 13.8 Å². The van der Waals surface area contributed by atoms with Crippen LogP contribution in [0.2, 0.25) is 0 Å². The SMILES string of the molecule is Cc1c(C)c2c(c(C)c1O)CC[C@@](C)(CCC[C@H](C)CCC[C@H](C)CCCC(C)C)O2.OB(O)O. The molecule has 3 atom stereocenters. The zero-order chi connectivity index (χ0) is 26.8. The van der Waals surface area contributed by atoms with Gasteiger partial charge in [-0.1, -0.05) is 72.6 Å². The van der Waals surface area contributed by atoms with Crippen LogP contribution in [0.25, 0.3) is 0 Å². The fraction of sp³-hybridized carbons (Fsp3) is 0.793. The van der Waals surface area contributed by atoms with Crippen LogP contribution in [0.4, 0.5) is 0 Å². The van der Waals surface area contributed by atoms with E-state index in [-0.39, 0.29) is 5.60 Å². The van der Waals surface area contributed by atoms with Crippen LogP contribution in [-0.2, 0) is 6.42 Å². The number of hydrogen-bond donors (Lipinski definition) is 4. The second kappa shape index (κ2) is 15.1. The number of hydrogen-bond acceptors (Lipinski definition) is 5. The first-order valence-electron chi connectivity index (χ1n) is 13.8. The van der Waals surface area contributed by atoms with Gasteiger partial charge in [0.15, 0.2) is 0 Å². The summed E-state index contributed by atoms with van der Waals surface area (Å²) in [7, 11) is -2.17. The molecule has 202 valence electrons. The third-order valence-corrected chi connectivity index (χ3v) is 7.87. The van der Waals surface area contributed by atoms with Crippen molar-refractivity contribution in [3.8, 4) is 11.5 Å². The Bertz CT molecular complexity index is 761. The van der Waals surface area contributed by atoms with E-state index < -0.39 is 7.32 Å². The van der Waals surface area contributed by atoms with Gasteiger partial charge in [-0.05, 0) is 87.8 Å². The molecule has 0 aromatic heterocycles. The number of phenols is 1. The summed E-state index contributed by atoms with van der Waals surface area (Å²) in [5.74, 6) is 4.04. The van der Waals surface area contributed by atoms with Crippen molar-refractivity contribution in [1.82, 2.24) is 0 Å². The maximum Gasteiger partial charge on any atom is 0.631 e. The summed E-state index contributed by atoms with van der Waals surface area (Å²) in [6.07, 6.45) is 14.1. The molecule has 0 spiro atoms. The molecular weight excluding hydrogens is 439 g/mol. The van der Waals surface area contributed by atoms with Crippen LogP contribution in [0.3, 0.4) is 0 Å². The number of phenolic OH excluding ortho intramolecular Hbond substituents is 1. The van der Waals surface area contributed by atoms with Gasteiger partial charge in [0.1, 0.15) is 17.1 Å². The molecule has 0 fully saturated rings. The zero-order valence-electron chi connectivity index (χ0n) is 23.8. The van der Waals surface area contributed by atoms with E-state index in [0.717, 1.165) is 59.5 Å². The molecule has 35 heavy (non-hydrogen) atoms. The average molecular weight is 493 g/mol. The summed E-state index contributed by atoms with van der Waals surface area (Å²) in [6, 6.07) is 0. The highest BCUT2D eigenvalue weighted by Gasteiger charge is 2.34. The second-order valence-corrected chi connectivity index (χ2v) is 11.8. The van der Waals surface area contributed by atoms with Gasteiger partial charge < -0.3 is 24.9 Å². The molecule has 0 amide bonds. The van der Waals surface area contributed by atoms with Gasteiger partial charge >= 0.3 is 7.32 Å². The second-order valence-electron chi connectivity index (χ2n) is 11.8. The normalized spacial score (nSPS) is 18.9. The van der Waals surface area contributed by atoms with E-state index in [4.69, 9.17) is 19.8 Å². The maximum absolute atomic E-state index is 10.4. The van der Waals surface area contributed by atoms with Crippen molar-refractivity contribution in [2.24, 2.45) is 17.8 Å². The van der Waals surface area contributed by atoms with E-state index >= 15 is 0 Å². The Hall–Kier alpha value is -1.24. The summed E-state index contributed by atoms with van der Waals surface area (Å²) in [6.45, 7) is 17.9. The monoisotopic (exact) mass is 492 g/mol. The summed E-state index contributed by atoms with van der Waals surface area (Å²) < 4.78 is 6.60. The van der Waals surface area contributed by atoms with E-state index in [9.17, 15) is 5.11 Å². The van der Waals surface area contributed by atoms with Crippen molar-refractivity contribution in [2.45, 2.75) is 132 Å². The minimum atomic E-state index is -2.17. The zero-order valence-corrected chi connectivity index (χ0v) is 23.8. The quantitative estimate of drug-likeness (QED) is 0.241. The minimum absolute atomic E-state index is 0.0712. The topological polar surface area (TPSA) is 90.2 Å². The Balaban J connectivity index is 0.00000142. The van der Waals surface area contributed by atoms with Crippen LogP contribution in [0.15, 0.2) is 0 Å². The molecule has 4 N–H and O–H groups in total. The molecule has 5 nitrogen and oxygen atoms in total. The molecular formula is C29H53BO5. The maximum atomic E-state index is 10.4. The van der Waals surface area contributed by atoms with Crippen molar-refractivity contribution >= 4 is 7.32 Å². The predicted octanol–water partition coefficient (Wildman–Crippen LogP) is 6.79. The summed E-state index contributed by atoms with van der Waals surface area (Å²) in [5, 5.41) is 31.9. The van der Waals surface area contributed by atoms with Crippen LogP contribution in [0.5, 0.6) is 11.5 Å². The van der Waals surface area contributed by atoms with Gasteiger partial charge in [0.05, 0.1) is 0 Å². The van der Waals surface area contributed by atoms with Gasteiger partial charge in [-0.15, -0.1) is 0 Å². The molecule has 1 aliphatic heterocycles. The first-order chi connectivity index (χ1) is 16.3. The van der Waals surface area contributed by atoms with E-state index in [1.54, 1.807) is 0 Å². The fourth-order valence-electron chi connectivity index (χ4n) is 5.27. The summed E-state index contributed by atoms with van der Waals surface area (Å²) >= 11 is 0. The van der Waals surface area contributed by atoms with Crippen LogP contribution >= 0.6 is 0 Å². The molecule has 2 rings (SSSR count). The smallest absolute Gasteiger partial charge is 0.507 e. The van der Waals surface area contributed by atoms with E-state index in [1.165, 1.54) is 56.9 Å². The van der Waals surface area contributed by atoms with Crippen molar-refractivity contribution in [3.05, 3.63) is 22.3 Å². The van der Waals surface area contributed by atoms with Crippen molar-refractivity contribution < 1.29 is 24.9 Å². The van der Waals surface area contributed by atoms with Crippen LogP contribution in [0.1, 0.15) is 121 Å². The molecule has 0 bridgehead atoms. The molecule has 0 unspecified atom stereocenters. The van der Waals surface area contributed by atoms with E-state index in [0.29, 0.717) is 5.75 Å². The van der Waals surface area contributed by atoms with Crippen molar-refractivity contribution in [1.29, 1.82) is 0 Å².